The summed E-state index contributed by atoms with van der Waals surface area (Å²) >= 11 is 0. The van der Waals surface area contributed by atoms with Crippen LogP contribution in [-0.2, 0) is 14.2 Å². The first-order chi connectivity index (χ1) is 9.63. The molecule has 0 atom stereocenters. The molecule has 0 aromatic heterocycles. The number of rotatable bonds is 15. The quantitative estimate of drug-likeness (QED) is 0.470. The second kappa shape index (κ2) is 15.2. The molecule has 0 aromatic rings. The first-order valence-corrected chi connectivity index (χ1v) is 8.13. The lowest BCUT2D eigenvalue weighted by atomic mass is 10.2. The van der Waals surface area contributed by atoms with Crippen molar-refractivity contribution in [2.24, 2.45) is 0 Å². The predicted octanol–water partition coefficient (Wildman–Crippen LogP) is 3.00. The molecule has 1 N–H and O–H groups in total. The normalized spacial score (nSPS) is 11.7. The Hall–Kier alpha value is -0.160. The molecule has 4 heteroatoms. The number of hydrogen-bond acceptors (Lipinski definition) is 4. The van der Waals surface area contributed by atoms with Crippen LogP contribution in [0.3, 0.4) is 0 Å². The van der Waals surface area contributed by atoms with E-state index in [0.717, 1.165) is 39.2 Å². The van der Waals surface area contributed by atoms with Gasteiger partial charge in [0, 0.05) is 25.8 Å². The van der Waals surface area contributed by atoms with Crippen LogP contribution in [0, 0.1) is 0 Å². The minimum Gasteiger partial charge on any atom is -0.379 e. The molecule has 0 rings (SSSR count). The topological polar surface area (TPSA) is 39.7 Å². The third-order valence-electron chi connectivity index (χ3n) is 2.81. The van der Waals surface area contributed by atoms with Crippen LogP contribution >= 0.6 is 0 Å². The molecule has 0 bridgehead atoms. The third kappa shape index (κ3) is 17.8. The van der Waals surface area contributed by atoms with Gasteiger partial charge in [0.05, 0.1) is 25.9 Å². The first kappa shape index (κ1) is 19.8. The van der Waals surface area contributed by atoms with E-state index in [1.807, 2.05) is 0 Å². The van der Waals surface area contributed by atoms with Crippen LogP contribution in [0.4, 0.5) is 0 Å². The molecule has 0 aromatic carbocycles. The fraction of sp³-hybridized carbons (Fsp3) is 1.00. The Morgan fingerprint density at radius 3 is 1.90 bits per heavy atom. The van der Waals surface area contributed by atoms with Gasteiger partial charge in [-0.2, -0.15) is 0 Å². The molecule has 0 aliphatic heterocycles. The highest BCUT2D eigenvalue weighted by atomic mass is 16.5. The summed E-state index contributed by atoms with van der Waals surface area (Å²) in [5.41, 5.74) is 0. The van der Waals surface area contributed by atoms with E-state index in [2.05, 4.69) is 33.0 Å². The maximum atomic E-state index is 5.53. The summed E-state index contributed by atoms with van der Waals surface area (Å²) in [6.07, 6.45) is 5.10. The number of nitrogens with one attached hydrogen (secondary N) is 1. The van der Waals surface area contributed by atoms with Gasteiger partial charge in [-0.3, -0.25) is 0 Å². The van der Waals surface area contributed by atoms with Gasteiger partial charge in [0.25, 0.3) is 0 Å². The van der Waals surface area contributed by atoms with Crippen molar-refractivity contribution < 1.29 is 14.2 Å². The standard InChI is InChI=1S/C16H35NO3/c1-15(2)17-9-12-19-14-13-18-10-7-5-6-8-11-20-16(3)4/h15-17H,5-14H2,1-4H3. The Morgan fingerprint density at radius 1 is 0.700 bits per heavy atom. The van der Waals surface area contributed by atoms with E-state index in [-0.39, 0.29) is 0 Å². The van der Waals surface area contributed by atoms with Crippen LogP contribution < -0.4 is 5.32 Å². The fourth-order valence-electron chi connectivity index (χ4n) is 1.72. The second-order valence-corrected chi connectivity index (χ2v) is 5.67. The summed E-state index contributed by atoms with van der Waals surface area (Å²) in [7, 11) is 0. The van der Waals surface area contributed by atoms with E-state index >= 15 is 0 Å². The summed E-state index contributed by atoms with van der Waals surface area (Å²) in [6, 6.07) is 0.529. The molecule has 0 amide bonds. The molecule has 0 heterocycles. The van der Waals surface area contributed by atoms with Crippen molar-refractivity contribution in [1.82, 2.24) is 5.32 Å². The van der Waals surface area contributed by atoms with Crippen molar-refractivity contribution in [1.29, 1.82) is 0 Å². The largest absolute Gasteiger partial charge is 0.379 e. The molecule has 0 saturated carbocycles. The highest BCUT2D eigenvalue weighted by molar-refractivity contribution is 4.50. The molecular formula is C16H35NO3. The maximum Gasteiger partial charge on any atom is 0.0701 e. The Labute approximate surface area is 125 Å². The molecule has 4 nitrogen and oxygen atoms in total. The Bertz CT molecular complexity index is 167. The molecule has 0 spiro atoms. The van der Waals surface area contributed by atoms with Crippen molar-refractivity contribution in [3.63, 3.8) is 0 Å². The zero-order chi connectivity index (χ0) is 15.1. The van der Waals surface area contributed by atoms with E-state index in [4.69, 9.17) is 14.2 Å². The van der Waals surface area contributed by atoms with Gasteiger partial charge in [-0.15, -0.1) is 0 Å². The van der Waals surface area contributed by atoms with Crippen LogP contribution in [0.1, 0.15) is 53.4 Å². The van der Waals surface area contributed by atoms with Crippen molar-refractivity contribution in [3.05, 3.63) is 0 Å². The van der Waals surface area contributed by atoms with E-state index in [9.17, 15) is 0 Å². The maximum absolute atomic E-state index is 5.53. The average molecular weight is 289 g/mol. The van der Waals surface area contributed by atoms with Crippen molar-refractivity contribution >= 4 is 0 Å². The lowest BCUT2D eigenvalue weighted by molar-refractivity contribution is 0.0462. The average Bonchev–Trinajstić information content (AvgIpc) is 2.38. The molecule has 0 aliphatic rings. The Balaban J connectivity index is 2.96. The van der Waals surface area contributed by atoms with E-state index in [1.54, 1.807) is 0 Å². The first-order valence-electron chi connectivity index (χ1n) is 8.13. The smallest absolute Gasteiger partial charge is 0.0701 e. The minimum absolute atomic E-state index is 0.356. The van der Waals surface area contributed by atoms with Gasteiger partial charge in [0.15, 0.2) is 0 Å². The highest BCUT2D eigenvalue weighted by Crippen LogP contribution is 2.01. The number of unbranched alkanes of at least 4 members (excludes halogenated alkanes) is 3. The van der Waals surface area contributed by atoms with Gasteiger partial charge in [-0.25, -0.2) is 0 Å². The fourth-order valence-corrected chi connectivity index (χ4v) is 1.72. The van der Waals surface area contributed by atoms with E-state index in [0.29, 0.717) is 25.4 Å². The molecule has 122 valence electrons. The Morgan fingerprint density at radius 2 is 1.30 bits per heavy atom. The van der Waals surface area contributed by atoms with Gasteiger partial charge in [-0.05, 0) is 26.7 Å². The second-order valence-electron chi connectivity index (χ2n) is 5.67. The van der Waals surface area contributed by atoms with E-state index in [1.165, 1.54) is 12.8 Å². The number of hydrogen-bond donors (Lipinski definition) is 1. The van der Waals surface area contributed by atoms with Crippen molar-refractivity contribution in [2.45, 2.75) is 65.5 Å². The predicted molar refractivity (Wildman–Crippen MR) is 84.3 cm³/mol. The molecule has 20 heavy (non-hydrogen) atoms. The zero-order valence-electron chi connectivity index (χ0n) is 14.0. The van der Waals surface area contributed by atoms with Gasteiger partial charge in [0.2, 0.25) is 0 Å². The van der Waals surface area contributed by atoms with Gasteiger partial charge >= 0.3 is 0 Å². The Kier molecular flexibility index (Phi) is 15.1. The number of ether oxygens (including phenoxy) is 3. The minimum atomic E-state index is 0.356. The summed E-state index contributed by atoms with van der Waals surface area (Å²) in [5, 5.41) is 3.31. The van der Waals surface area contributed by atoms with E-state index < -0.39 is 0 Å². The van der Waals surface area contributed by atoms with Crippen LogP contribution in [0.2, 0.25) is 0 Å². The van der Waals surface area contributed by atoms with Crippen LogP contribution in [-0.4, -0.2) is 51.7 Å². The summed E-state index contributed by atoms with van der Waals surface area (Å²) < 4.78 is 16.5. The van der Waals surface area contributed by atoms with Gasteiger partial charge < -0.3 is 19.5 Å². The third-order valence-corrected chi connectivity index (χ3v) is 2.81. The molecule has 0 fully saturated rings. The summed E-state index contributed by atoms with van der Waals surface area (Å²) in [4.78, 5) is 0. The van der Waals surface area contributed by atoms with Gasteiger partial charge in [0.1, 0.15) is 0 Å². The van der Waals surface area contributed by atoms with Crippen LogP contribution in [0.15, 0.2) is 0 Å². The summed E-state index contributed by atoms with van der Waals surface area (Å²) in [6.45, 7) is 13.2. The van der Waals surface area contributed by atoms with Crippen molar-refractivity contribution in [2.75, 3.05) is 39.6 Å². The molecule has 0 saturated heterocycles. The molecule has 0 radical (unpaired) electrons. The van der Waals surface area contributed by atoms with Gasteiger partial charge in [-0.1, -0.05) is 26.7 Å². The lowest BCUT2D eigenvalue weighted by Crippen LogP contribution is -2.27. The zero-order valence-corrected chi connectivity index (χ0v) is 14.0. The SMILES string of the molecule is CC(C)NCCOCCOCCCCCCOC(C)C. The summed E-state index contributed by atoms with van der Waals surface area (Å²) in [5.74, 6) is 0. The lowest BCUT2D eigenvalue weighted by Gasteiger charge is -2.09. The molecule has 0 unspecified atom stereocenters. The van der Waals surface area contributed by atoms with Crippen molar-refractivity contribution in [3.8, 4) is 0 Å². The highest BCUT2D eigenvalue weighted by Gasteiger charge is 1.95. The molecular weight excluding hydrogens is 254 g/mol. The van der Waals surface area contributed by atoms with Crippen LogP contribution in [0.25, 0.3) is 0 Å². The monoisotopic (exact) mass is 289 g/mol. The molecule has 0 aliphatic carbocycles. The van der Waals surface area contributed by atoms with Crippen LogP contribution in [0.5, 0.6) is 0 Å².